The van der Waals surface area contributed by atoms with Crippen LogP contribution < -0.4 is 4.74 Å². The van der Waals surface area contributed by atoms with E-state index in [0.717, 1.165) is 10.2 Å². The van der Waals surface area contributed by atoms with Gasteiger partial charge in [0.1, 0.15) is 12.4 Å². The molecular formula is C11H10BrClN2O. The molecule has 0 aliphatic carbocycles. The molecule has 0 saturated carbocycles. The van der Waals surface area contributed by atoms with Gasteiger partial charge in [0, 0.05) is 7.05 Å². The molecule has 2 aromatic rings. The first-order chi connectivity index (χ1) is 7.68. The van der Waals surface area contributed by atoms with E-state index in [1.807, 2.05) is 25.2 Å². The largest absolute Gasteiger partial charge is 0.486 e. The first kappa shape index (κ1) is 11.5. The van der Waals surface area contributed by atoms with E-state index >= 15 is 0 Å². The van der Waals surface area contributed by atoms with Crippen LogP contribution in [0.1, 0.15) is 5.69 Å². The van der Waals surface area contributed by atoms with Crippen LogP contribution in [-0.4, -0.2) is 9.78 Å². The van der Waals surface area contributed by atoms with Crippen molar-refractivity contribution in [3.63, 3.8) is 0 Å². The molecule has 0 N–H and O–H groups in total. The molecule has 1 aromatic heterocycles. The fourth-order valence-corrected chi connectivity index (χ4v) is 1.96. The summed E-state index contributed by atoms with van der Waals surface area (Å²) in [5.74, 6) is 0.678. The molecule has 1 aromatic carbocycles. The Labute approximate surface area is 107 Å². The van der Waals surface area contributed by atoms with Crippen molar-refractivity contribution in [2.75, 3.05) is 0 Å². The summed E-state index contributed by atoms with van der Waals surface area (Å²) >= 11 is 9.40. The van der Waals surface area contributed by atoms with Gasteiger partial charge in [-0.05, 0) is 28.1 Å². The van der Waals surface area contributed by atoms with E-state index in [1.165, 1.54) is 0 Å². The fraction of sp³-hybridized carbons (Fsp3) is 0.182. The Morgan fingerprint density at radius 1 is 1.44 bits per heavy atom. The number of ether oxygens (including phenoxy) is 1. The quantitative estimate of drug-likeness (QED) is 0.868. The van der Waals surface area contributed by atoms with Gasteiger partial charge in [0.15, 0.2) is 0 Å². The number of rotatable bonds is 3. The second-order valence-electron chi connectivity index (χ2n) is 3.28. The molecule has 84 valence electrons. The summed E-state index contributed by atoms with van der Waals surface area (Å²) < 4.78 is 8.32. The van der Waals surface area contributed by atoms with E-state index in [0.29, 0.717) is 17.4 Å². The van der Waals surface area contributed by atoms with Crippen LogP contribution in [0, 0.1) is 0 Å². The van der Waals surface area contributed by atoms with Gasteiger partial charge in [-0.2, -0.15) is 5.10 Å². The number of hydrogen-bond acceptors (Lipinski definition) is 2. The predicted octanol–water partition coefficient (Wildman–Crippen LogP) is 3.42. The molecule has 0 radical (unpaired) electrons. The molecule has 5 heteroatoms. The molecule has 0 amide bonds. The molecule has 0 aliphatic heterocycles. The minimum atomic E-state index is 0.431. The van der Waals surface area contributed by atoms with Gasteiger partial charge < -0.3 is 4.74 Å². The van der Waals surface area contributed by atoms with Gasteiger partial charge in [0.25, 0.3) is 0 Å². The van der Waals surface area contributed by atoms with E-state index in [-0.39, 0.29) is 0 Å². The molecule has 0 atom stereocenters. The Morgan fingerprint density at radius 3 is 2.81 bits per heavy atom. The Morgan fingerprint density at radius 2 is 2.19 bits per heavy atom. The van der Waals surface area contributed by atoms with E-state index in [1.54, 1.807) is 16.9 Å². The lowest BCUT2D eigenvalue weighted by Gasteiger charge is -2.08. The van der Waals surface area contributed by atoms with Gasteiger partial charge in [-0.1, -0.05) is 23.7 Å². The third kappa shape index (κ3) is 2.39. The maximum Gasteiger partial charge on any atom is 0.138 e. The van der Waals surface area contributed by atoms with Gasteiger partial charge in [0.2, 0.25) is 0 Å². The van der Waals surface area contributed by atoms with Gasteiger partial charge in [-0.25, -0.2) is 0 Å². The second-order valence-corrected chi connectivity index (χ2v) is 4.54. The molecule has 0 bridgehead atoms. The summed E-state index contributed by atoms with van der Waals surface area (Å²) in [5, 5.41) is 4.72. The lowest BCUT2D eigenvalue weighted by atomic mass is 10.3. The summed E-state index contributed by atoms with van der Waals surface area (Å²) in [6.45, 7) is 0.431. The summed E-state index contributed by atoms with van der Waals surface area (Å²) in [4.78, 5) is 0. The number of halogens is 2. The molecule has 0 spiro atoms. The predicted molar refractivity (Wildman–Crippen MR) is 66.7 cm³/mol. The van der Waals surface area contributed by atoms with Crippen LogP contribution in [0.25, 0.3) is 0 Å². The van der Waals surface area contributed by atoms with Crippen LogP contribution in [0.4, 0.5) is 0 Å². The Balaban J connectivity index is 2.11. The van der Waals surface area contributed by atoms with Crippen LogP contribution in [0.15, 0.2) is 34.9 Å². The highest BCUT2D eigenvalue weighted by Crippen LogP contribution is 2.25. The molecule has 1 heterocycles. The van der Waals surface area contributed by atoms with E-state index < -0.39 is 0 Å². The number of aromatic nitrogens is 2. The molecule has 16 heavy (non-hydrogen) atoms. The van der Waals surface area contributed by atoms with Crippen molar-refractivity contribution in [1.29, 1.82) is 0 Å². The van der Waals surface area contributed by atoms with Crippen molar-refractivity contribution in [2.24, 2.45) is 7.05 Å². The van der Waals surface area contributed by atoms with Crippen molar-refractivity contribution >= 4 is 27.5 Å². The maximum atomic E-state index is 5.98. The molecular weight excluding hydrogens is 291 g/mol. The van der Waals surface area contributed by atoms with Crippen molar-refractivity contribution < 1.29 is 4.74 Å². The average molecular weight is 302 g/mol. The van der Waals surface area contributed by atoms with Crippen LogP contribution in [0.3, 0.4) is 0 Å². The molecule has 0 fully saturated rings. The van der Waals surface area contributed by atoms with Crippen molar-refractivity contribution in [3.05, 3.63) is 45.7 Å². The number of benzene rings is 1. The molecule has 0 unspecified atom stereocenters. The van der Waals surface area contributed by atoms with Gasteiger partial charge in [-0.3, -0.25) is 4.68 Å². The van der Waals surface area contributed by atoms with E-state index in [9.17, 15) is 0 Å². The highest BCUT2D eigenvalue weighted by Gasteiger charge is 2.07. The third-order valence-corrected chi connectivity index (χ3v) is 3.19. The zero-order valence-electron chi connectivity index (χ0n) is 8.65. The fourth-order valence-electron chi connectivity index (χ4n) is 1.31. The summed E-state index contributed by atoms with van der Waals surface area (Å²) in [6.07, 6.45) is 1.74. The van der Waals surface area contributed by atoms with Crippen LogP contribution in [0.2, 0.25) is 5.02 Å². The Kier molecular flexibility index (Phi) is 3.51. The van der Waals surface area contributed by atoms with Gasteiger partial charge >= 0.3 is 0 Å². The van der Waals surface area contributed by atoms with Crippen LogP contribution >= 0.6 is 27.5 Å². The number of para-hydroxylation sites is 1. The highest BCUT2D eigenvalue weighted by atomic mass is 79.9. The number of nitrogens with zero attached hydrogens (tertiary/aromatic N) is 2. The summed E-state index contributed by atoms with van der Waals surface area (Å²) in [7, 11) is 1.87. The monoisotopic (exact) mass is 300 g/mol. The Bertz CT molecular complexity index is 479. The standard InChI is InChI=1S/C11H10BrClN2O/c1-15-10(8(12)6-14-15)7-16-11-5-3-2-4-9(11)13/h2-6H,7H2,1H3. The van der Waals surface area contributed by atoms with Gasteiger partial charge in [0.05, 0.1) is 21.4 Å². The molecule has 0 saturated heterocycles. The van der Waals surface area contributed by atoms with Gasteiger partial charge in [-0.15, -0.1) is 0 Å². The first-order valence-electron chi connectivity index (χ1n) is 4.72. The van der Waals surface area contributed by atoms with E-state index in [2.05, 4.69) is 21.0 Å². The lowest BCUT2D eigenvalue weighted by molar-refractivity contribution is 0.294. The summed E-state index contributed by atoms with van der Waals surface area (Å²) in [5.41, 5.74) is 0.972. The van der Waals surface area contributed by atoms with Crippen molar-refractivity contribution in [3.8, 4) is 5.75 Å². The molecule has 3 nitrogen and oxygen atoms in total. The zero-order chi connectivity index (χ0) is 11.5. The topological polar surface area (TPSA) is 27.1 Å². The van der Waals surface area contributed by atoms with Crippen molar-refractivity contribution in [1.82, 2.24) is 9.78 Å². The number of hydrogen-bond donors (Lipinski definition) is 0. The number of aryl methyl sites for hydroxylation is 1. The lowest BCUT2D eigenvalue weighted by Crippen LogP contribution is -2.03. The average Bonchev–Trinajstić information content (AvgIpc) is 2.58. The highest BCUT2D eigenvalue weighted by molar-refractivity contribution is 9.10. The summed E-state index contributed by atoms with van der Waals surface area (Å²) in [6, 6.07) is 7.40. The zero-order valence-corrected chi connectivity index (χ0v) is 11.0. The van der Waals surface area contributed by atoms with Crippen LogP contribution in [0.5, 0.6) is 5.75 Å². The minimum Gasteiger partial charge on any atom is -0.486 e. The molecule has 2 rings (SSSR count). The first-order valence-corrected chi connectivity index (χ1v) is 5.89. The second kappa shape index (κ2) is 4.89. The molecule has 0 aliphatic rings. The maximum absolute atomic E-state index is 5.98. The van der Waals surface area contributed by atoms with Crippen LogP contribution in [-0.2, 0) is 13.7 Å². The smallest absolute Gasteiger partial charge is 0.138 e. The normalized spacial score (nSPS) is 10.4. The van der Waals surface area contributed by atoms with E-state index in [4.69, 9.17) is 16.3 Å². The van der Waals surface area contributed by atoms with Crippen molar-refractivity contribution in [2.45, 2.75) is 6.61 Å². The third-order valence-electron chi connectivity index (χ3n) is 2.21. The minimum absolute atomic E-state index is 0.431. The Hall–Kier alpha value is -1.00. The SMILES string of the molecule is Cn1ncc(Br)c1COc1ccccc1Cl.